The van der Waals surface area contributed by atoms with E-state index < -0.39 is 0 Å². The topological polar surface area (TPSA) is 68.8 Å². The van der Waals surface area contributed by atoms with Crippen molar-refractivity contribution >= 4 is 23.0 Å². The summed E-state index contributed by atoms with van der Waals surface area (Å²) in [6.07, 6.45) is 3.77. The van der Waals surface area contributed by atoms with Crippen LogP contribution in [-0.4, -0.2) is 19.8 Å². The lowest BCUT2D eigenvalue weighted by atomic mass is 10.1. The Balaban J connectivity index is 2.26. The second-order valence-corrected chi connectivity index (χ2v) is 4.98. The Kier molecular flexibility index (Phi) is 3.80. The van der Waals surface area contributed by atoms with Crippen LogP contribution in [0.5, 0.6) is 0 Å². The van der Waals surface area contributed by atoms with Gasteiger partial charge in [-0.25, -0.2) is 4.98 Å². The van der Waals surface area contributed by atoms with Crippen molar-refractivity contribution in [3.05, 3.63) is 40.8 Å². The molecule has 5 nitrogen and oxygen atoms in total. The molecule has 3 N–H and O–H groups in total. The largest absolute Gasteiger partial charge is 0.389 e. The Hall–Kier alpha value is -1.95. The lowest BCUT2D eigenvalue weighted by molar-refractivity contribution is 0.767. The van der Waals surface area contributed by atoms with Crippen LogP contribution in [0.1, 0.15) is 22.4 Å². The Labute approximate surface area is 117 Å². The van der Waals surface area contributed by atoms with Crippen molar-refractivity contribution in [3.63, 3.8) is 0 Å². The molecular weight excluding hydrogens is 258 g/mol. The van der Waals surface area contributed by atoms with Gasteiger partial charge in [0.1, 0.15) is 10.8 Å². The fourth-order valence-corrected chi connectivity index (χ4v) is 2.28. The van der Waals surface area contributed by atoms with Crippen LogP contribution in [0, 0.1) is 13.8 Å². The van der Waals surface area contributed by atoms with Crippen LogP contribution in [0.4, 0.5) is 5.82 Å². The molecule has 0 radical (unpaired) electrons. The number of pyridine rings is 1. The highest BCUT2D eigenvalue weighted by atomic mass is 32.1. The van der Waals surface area contributed by atoms with Gasteiger partial charge in [-0.2, -0.15) is 5.10 Å². The molecule has 0 aliphatic heterocycles. The van der Waals surface area contributed by atoms with E-state index in [0.717, 1.165) is 28.2 Å². The van der Waals surface area contributed by atoms with Gasteiger partial charge < -0.3 is 11.1 Å². The van der Waals surface area contributed by atoms with Crippen LogP contribution in [0.2, 0.25) is 0 Å². The molecule has 19 heavy (non-hydrogen) atoms. The minimum atomic E-state index is 0.360. The summed E-state index contributed by atoms with van der Waals surface area (Å²) < 4.78 is 1.76. The third kappa shape index (κ3) is 3.08. The average molecular weight is 275 g/mol. The normalized spacial score (nSPS) is 10.5. The number of nitrogens with one attached hydrogen (secondary N) is 1. The fraction of sp³-hybridized carbons (Fsp3) is 0.308. The molecular formula is C13H17N5S. The van der Waals surface area contributed by atoms with E-state index in [9.17, 15) is 0 Å². The number of hydrogen-bond acceptors (Lipinski definition) is 4. The molecule has 2 aromatic rings. The lowest BCUT2D eigenvalue weighted by Gasteiger charge is -2.13. The number of aromatic nitrogens is 3. The summed E-state index contributed by atoms with van der Waals surface area (Å²) in [4.78, 5) is 4.83. The molecule has 0 fully saturated rings. The fourth-order valence-electron chi connectivity index (χ4n) is 2.02. The number of nitrogens with zero attached hydrogens (tertiary/aromatic N) is 3. The van der Waals surface area contributed by atoms with E-state index in [2.05, 4.69) is 15.4 Å². The lowest BCUT2D eigenvalue weighted by Crippen LogP contribution is -2.16. The van der Waals surface area contributed by atoms with Crippen molar-refractivity contribution in [2.45, 2.75) is 20.4 Å². The van der Waals surface area contributed by atoms with Crippen LogP contribution in [0.25, 0.3) is 0 Å². The molecule has 0 aliphatic rings. The summed E-state index contributed by atoms with van der Waals surface area (Å²) in [5.41, 5.74) is 9.64. The summed E-state index contributed by atoms with van der Waals surface area (Å²) in [6.45, 7) is 4.57. The van der Waals surface area contributed by atoms with Crippen molar-refractivity contribution < 1.29 is 0 Å². The predicted molar refractivity (Wildman–Crippen MR) is 80.1 cm³/mol. The van der Waals surface area contributed by atoms with Gasteiger partial charge in [0.15, 0.2) is 0 Å². The van der Waals surface area contributed by atoms with Gasteiger partial charge in [0.2, 0.25) is 0 Å². The van der Waals surface area contributed by atoms with Gasteiger partial charge in [0.25, 0.3) is 0 Å². The molecule has 0 saturated heterocycles. The third-order valence-corrected chi connectivity index (χ3v) is 3.01. The zero-order valence-electron chi connectivity index (χ0n) is 11.3. The predicted octanol–water partition coefficient (Wildman–Crippen LogP) is 1.68. The number of nitrogens with two attached hydrogens (primary N) is 1. The van der Waals surface area contributed by atoms with Gasteiger partial charge in [-0.15, -0.1) is 0 Å². The van der Waals surface area contributed by atoms with Crippen molar-refractivity contribution in [1.82, 2.24) is 14.8 Å². The zero-order valence-corrected chi connectivity index (χ0v) is 12.1. The van der Waals surface area contributed by atoms with Gasteiger partial charge in [-0.3, -0.25) is 4.68 Å². The maximum absolute atomic E-state index is 5.77. The zero-order chi connectivity index (χ0) is 14.0. The number of rotatable bonds is 4. The highest BCUT2D eigenvalue weighted by molar-refractivity contribution is 7.80. The number of hydrogen-bond donors (Lipinski definition) is 2. The Morgan fingerprint density at radius 2 is 2.21 bits per heavy atom. The number of aryl methyl sites for hydroxylation is 3. The molecule has 2 heterocycles. The summed E-state index contributed by atoms with van der Waals surface area (Å²) in [5, 5.41) is 7.40. The molecule has 0 amide bonds. The van der Waals surface area contributed by atoms with Gasteiger partial charge in [0, 0.05) is 31.0 Å². The molecule has 0 aromatic carbocycles. The Morgan fingerprint density at radius 1 is 1.47 bits per heavy atom. The monoisotopic (exact) mass is 275 g/mol. The average Bonchev–Trinajstić information content (AvgIpc) is 2.71. The standard InChI is InChI=1S/C13H17N5S/c1-8-4-9(2)17-13(11(8)12(14)19)15-5-10-6-16-18(3)7-10/h4,6-7H,5H2,1-3H3,(H2,14,19)(H,15,17). The quantitative estimate of drug-likeness (QED) is 0.831. The summed E-state index contributed by atoms with van der Waals surface area (Å²) >= 11 is 5.10. The smallest absolute Gasteiger partial charge is 0.137 e. The second-order valence-electron chi connectivity index (χ2n) is 4.54. The maximum Gasteiger partial charge on any atom is 0.137 e. The molecule has 0 spiro atoms. The number of thiocarbonyl (C=S) groups is 1. The van der Waals surface area contributed by atoms with Gasteiger partial charge >= 0.3 is 0 Å². The van der Waals surface area contributed by atoms with E-state index in [-0.39, 0.29) is 0 Å². The molecule has 0 atom stereocenters. The van der Waals surface area contributed by atoms with E-state index in [0.29, 0.717) is 11.5 Å². The Bertz CT molecular complexity index is 617. The first-order valence-electron chi connectivity index (χ1n) is 5.97. The molecule has 0 aliphatic carbocycles. The molecule has 0 unspecified atom stereocenters. The van der Waals surface area contributed by atoms with Gasteiger partial charge in [0.05, 0.1) is 11.8 Å². The van der Waals surface area contributed by atoms with E-state index in [4.69, 9.17) is 18.0 Å². The van der Waals surface area contributed by atoms with E-state index >= 15 is 0 Å². The first-order chi connectivity index (χ1) is 8.97. The molecule has 2 aromatic heterocycles. The van der Waals surface area contributed by atoms with Crippen LogP contribution in [0.3, 0.4) is 0 Å². The summed E-state index contributed by atoms with van der Waals surface area (Å²) in [7, 11) is 1.89. The number of anilines is 1. The highest BCUT2D eigenvalue weighted by Crippen LogP contribution is 2.19. The first-order valence-corrected chi connectivity index (χ1v) is 6.37. The van der Waals surface area contributed by atoms with Crippen LogP contribution >= 0.6 is 12.2 Å². The van der Waals surface area contributed by atoms with Crippen LogP contribution in [0.15, 0.2) is 18.5 Å². The second kappa shape index (κ2) is 5.36. The van der Waals surface area contributed by atoms with Gasteiger partial charge in [-0.05, 0) is 25.5 Å². The minimum absolute atomic E-state index is 0.360. The van der Waals surface area contributed by atoms with Crippen molar-refractivity contribution in [2.75, 3.05) is 5.32 Å². The first kappa shape index (κ1) is 13.5. The van der Waals surface area contributed by atoms with Gasteiger partial charge in [-0.1, -0.05) is 12.2 Å². The minimum Gasteiger partial charge on any atom is -0.389 e. The SMILES string of the molecule is Cc1cc(C)c(C(N)=S)c(NCc2cnn(C)c2)n1. The van der Waals surface area contributed by atoms with E-state index in [1.807, 2.05) is 39.4 Å². The summed E-state index contributed by atoms with van der Waals surface area (Å²) in [6, 6.07) is 1.98. The molecule has 0 saturated carbocycles. The Morgan fingerprint density at radius 3 is 2.79 bits per heavy atom. The van der Waals surface area contributed by atoms with Crippen molar-refractivity contribution in [2.24, 2.45) is 12.8 Å². The third-order valence-electron chi connectivity index (χ3n) is 2.81. The van der Waals surface area contributed by atoms with E-state index in [1.165, 1.54) is 0 Å². The van der Waals surface area contributed by atoms with Crippen molar-refractivity contribution in [3.8, 4) is 0 Å². The van der Waals surface area contributed by atoms with Crippen molar-refractivity contribution in [1.29, 1.82) is 0 Å². The molecule has 2 rings (SSSR count). The highest BCUT2D eigenvalue weighted by Gasteiger charge is 2.11. The molecule has 0 bridgehead atoms. The summed E-state index contributed by atoms with van der Waals surface area (Å²) in [5.74, 6) is 0.730. The van der Waals surface area contributed by atoms with Crippen LogP contribution in [-0.2, 0) is 13.6 Å². The van der Waals surface area contributed by atoms with Crippen LogP contribution < -0.4 is 11.1 Å². The maximum atomic E-state index is 5.77. The molecule has 6 heteroatoms. The molecule has 100 valence electrons. The van der Waals surface area contributed by atoms with E-state index in [1.54, 1.807) is 4.68 Å².